The van der Waals surface area contributed by atoms with Crippen LogP contribution < -0.4 is 14.8 Å². The average Bonchev–Trinajstić information content (AvgIpc) is 3.15. The highest BCUT2D eigenvalue weighted by molar-refractivity contribution is 9.11. The molecule has 1 N–H and O–H groups in total. The molecule has 0 bridgehead atoms. The van der Waals surface area contributed by atoms with E-state index < -0.39 is 29.4 Å². The molecule has 3 heterocycles. The van der Waals surface area contributed by atoms with Gasteiger partial charge in [-0.1, -0.05) is 6.07 Å². The molecule has 31 heavy (non-hydrogen) atoms. The second-order valence-corrected chi connectivity index (χ2v) is 9.07. The standard InChI is InChI=1S/C20H13BrF4N2O3S/c21-16-6-5-15(31-16)18(28)27-19(7-9-29-14-2-1-8-26-17(14)19)11-3-4-13(12(22)10-11)30-20(23,24)25/h1-6,8,10H,7,9H2,(H,27,28)/t19-/m0/s1. The van der Waals surface area contributed by atoms with E-state index in [-0.39, 0.29) is 18.6 Å². The number of hydrogen-bond acceptors (Lipinski definition) is 5. The van der Waals surface area contributed by atoms with Crippen molar-refractivity contribution in [2.75, 3.05) is 6.61 Å². The van der Waals surface area contributed by atoms with Crippen LogP contribution in [0.1, 0.15) is 27.3 Å². The zero-order chi connectivity index (χ0) is 22.2. The van der Waals surface area contributed by atoms with Crippen molar-refractivity contribution >= 4 is 33.2 Å². The summed E-state index contributed by atoms with van der Waals surface area (Å²) >= 11 is 4.51. The normalized spacial score (nSPS) is 18.1. The van der Waals surface area contributed by atoms with Gasteiger partial charge >= 0.3 is 6.36 Å². The molecular weight excluding hydrogens is 504 g/mol. The number of ether oxygens (including phenoxy) is 2. The van der Waals surface area contributed by atoms with Gasteiger partial charge < -0.3 is 14.8 Å². The van der Waals surface area contributed by atoms with Gasteiger partial charge in [-0.15, -0.1) is 24.5 Å². The molecule has 0 saturated heterocycles. The first kappa shape index (κ1) is 21.6. The number of benzene rings is 1. The number of fused-ring (bicyclic) bond motifs is 1. The van der Waals surface area contributed by atoms with Crippen LogP contribution in [0.5, 0.6) is 11.5 Å². The topological polar surface area (TPSA) is 60.5 Å². The third-order valence-corrected chi connectivity index (χ3v) is 6.31. The third kappa shape index (κ3) is 4.38. The predicted octanol–water partition coefficient (Wildman–Crippen LogP) is 5.40. The molecule has 0 spiro atoms. The summed E-state index contributed by atoms with van der Waals surface area (Å²) in [6.07, 6.45) is -3.35. The number of alkyl halides is 3. The Morgan fingerprint density at radius 1 is 1.26 bits per heavy atom. The van der Waals surface area contributed by atoms with Crippen molar-refractivity contribution in [3.63, 3.8) is 0 Å². The van der Waals surface area contributed by atoms with Gasteiger partial charge in [0.05, 0.1) is 15.3 Å². The number of carbonyl (C=O) groups excluding carboxylic acids is 1. The lowest BCUT2D eigenvalue weighted by atomic mass is 9.81. The molecule has 1 atom stereocenters. The van der Waals surface area contributed by atoms with Gasteiger partial charge in [-0.3, -0.25) is 9.78 Å². The van der Waals surface area contributed by atoms with Crippen molar-refractivity contribution in [2.24, 2.45) is 0 Å². The first-order valence-electron chi connectivity index (χ1n) is 8.90. The minimum absolute atomic E-state index is 0.176. The van der Waals surface area contributed by atoms with Crippen LogP contribution in [0.4, 0.5) is 17.6 Å². The molecule has 162 valence electrons. The van der Waals surface area contributed by atoms with E-state index in [0.29, 0.717) is 16.3 Å². The van der Waals surface area contributed by atoms with E-state index >= 15 is 0 Å². The Balaban J connectivity index is 1.81. The van der Waals surface area contributed by atoms with Crippen LogP contribution in [0.15, 0.2) is 52.4 Å². The van der Waals surface area contributed by atoms with E-state index in [0.717, 1.165) is 15.9 Å². The number of thiophene rings is 1. The van der Waals surface area contributed by atoms with Crippen LogP contribution in [0.2, 0.25) is 0 Å². The molecule has 11 heteroatoms. The monoisotopic (exact) mass is 516 g/mol. The van der Waals surface area contributed by atoms with Crippen molar-refractivity contribution in [3.05, 3.63) is 74.4 Å². The summed E-state index contributed by atoms with van der Waals surface area (Å²) < 4.78 is 62.3. The van der Waals surface area contributed by atoms with E-state index in [1.165, 1.54) is 23.6 Å². The van der Waals surface area contributed by atoms with Crippen LogP contribution in [0.25, 0.3) is 0 Å². The smallest absolute Gasteiger partial charge is 0.491 e. The molecule has 3 aromatic rings. The molecule has 1 aliphatic heterocycles. The van der Waals surface area contributed by atoms with Crippen LogP contribution in [-0.2, 0) is 5.54 Å². The van der Waals surface area contributed by atoms with Gasteiger partial charge in [0.2, 0.25) is 0 Å². The molecule has 1 amide bonds. The maximum Gasteiger partial charge on any atom is 0.573 e. The number of pyridine rings is 1. The Bertz CT molecular complexity index is 1140. The SMILES string of the molecule is O=C(N[C@]1(c2ccc(OC(F)(F)F)c(F)c2)CCOc2cccnc21)c1ccc(Br)s1. The Hall–Kier alpha value is -2.66. The lowest BCUT2D eigenvalue weighted by Crippen LogP contribution is -2.50. The molecule has 0 radical (unpaired) electrons. The van der Waals surface area contributed by atoms with Crippen molar-refractivity contribution in [3.8, 4) is 11.5 Å². The molecule has 0 aliphatic carbocycles. The van der Waals surface area contributed by atoms with Crippen molar-refractivity contribution in [2.45, 2.75) is 18.3 Å². The quantitative estimate of drug-likeness (QED) is 0.471. The van der Waals surface area contributed by atoms with Crippen LogP contribution >= 0.6 is 27.3 Å². The Morgan fingerprint density at radius 3 is 2.74 bits per heavy atom. The summed E-state index contributed by atoms with van der Waals surface area (Å²) in [6.45, 7) is 0.176. The Morgan fingerprint density at radius 2 is 2.06 bits per heavy atom. The maximum atomic E-state index is 14.6. The Kier molecular flexibility index (Phi) is 5.65. The fourth-order valence-corrected chi connectivity index (χ4v) is 4.68. The largest absolute Gasteiger partial charge is 0.573 e. The van der Waals surface area contributed by atoms with E-state index in [1.54, 1.807) is 24.3 Å². The van der Waals surface area contributed by atoms with Gasteiger partial charge in [-0.05, 0) is 57.9 Å². The van der Waals surface area contributed by atoms with Gasteiger partial charge in [0.1, 0.15) is 17.0 Å². The number of hydrogen-bond donors (Lipinski definition) is 1. The number of rotatable bonds is 4. The van der Waals surface area contributed by atoms with E-state index in [9.17, 15) is 22.4 Å². The first-order chi connectivity index (χ1) is 14.7. The molecule has 5 nitrogen and oxygen atoms in total. The molecule has 0 fully saturated rings. The van der Waals surface area contributed by atoms with Crippen molar-refractivity contribution < 1.29 is 31.8 Å². The molecule has 2 aromatic heterocycles. The number of carbonyl (C=O) groups is 1. The van der Waals surface area contributed by atoms with Gasteiger partial charge in [0.15, 0.2) is 11.6 Å². The molecule has 1 aliphatic rings. The minimum Gasteiger partial charge on any atom is -0.491 e. The summed E-state index contributed by atoms with van der Waals surface area (Å²) in [5.74, 6) is -2.23. The highest BCUT2D eigenvalue weighted by Gasteiger charge is 2.43. The molecule has 1 aromatic carbocycles. The highest BCUT2D eigenvalue weighted by atomic mass is 79.9. The Labute approximate surface area is 186 Å². The van der Waals surface area contributed by atoms with Crippen LogP contribution in [0.3, 0.4) is 0 Å². The highest BCUT2D eigenvalue weighted by Crippen LogP contribution is 2.42. The van der Waals surface area contributed by atoms with Crippen LogP contribution in [-0.4, -0.2) is 23.9 Å². The fourth-order valence-electron chi connectivity index (χ4n) is 3.40. The second kappa shape index (κ2) is 8.12. The number of nitrogens with one attached hydrogen (secondary N) is 1. The zero-order valence-corrected chi connectivity index (χ0v) is 17.9. The second-order valence-electron chi connectivity index (χ2n) is 6.60. The van der Waals surface area contributed by atoms with Gasteiger partial charge in [-0.25, -0.2) is 4.39 Å². The van der Waals surface area contributed by atoms with Gasteiger partial charge in [0.25, 0.3) is 5.91 Å². The molecule has 0 unspecified atom stereocenters. The van der Waals surface area contributed by atoms with Gasteiger partial charge in [-0.2, -0.15) is 0 Å². The van der Waals surface area contributed by atoms with Crippen LogP contribution in [0, 0.1) is 5.82 Å². The summed E-state index contributed by atoms with van der Waals surface area (Å²) in [5.41, 5.74) is -0.777. The third-order valence-electron chi connectivity index (χ3n) is 4.68. The maximum absolute atomic E-state index is 14.6. The molecule has 4 rings (SSSR count). The first-order valence-corrected chi connectivity index (χ1v) is 10.5. The lowest BCUT2D eigenvalue weighted by Gasteiger charge is -2.39. The predicted molar refractivity (Wildman–Crippen MR) is 108 cm³/mol. The molecule has 0 saturated carbocycles. The number of aromatic nitrogens is 1. The zero-order valence-electron chi connectivity index (χ0n) is 15.5. The van der Waals surface area contributed by atoms with E-state index in [2.05, 4.69) is 31.0 Å². The molecular formula is C20H13BrF4N2O3S. The summed E-state index contributed by atoms with van der Waals surface area (Å²) in [7, 11) is 0. The van der Waals surface area contributed by atoms with Crippen molar-refractivity contribution in [1.82, 2.24) is 10.3 Å². The van der Waals surface area contributed by atoms with Gasteiger partial charge in [0, 0.05) is 12.6 Å². The van der Waals surface area contributed by atoms with Crippen molar-refractivity contribution in [1.29, 1.82) is 0 Å². The number of amides is 1. The number of nitrogens with zero attached hydrogens (tertiary/aromatic N) is 1. The summed E-state index contributed by atoms with van der Waals surface area (Å²) in [6, 6.07) is 9.71. The fraction of sp³-hybridized carbons (Fsp3) is 0.200. The minimum atomic E-state index is -5.03. The van der Waals surface area contributed by atoms with E-state index in [4.69, 9.17) is 4.74 Å². The summed E-state index contributed by atoms with van der Waals surface area (Å²) in [5, 5.41) is 2.91. The lowest BCUT2D eigenvalue weighted by molar-refractivity contribution is -0.275. The number of halogens is 5. The van der Waals surface area contributed by atoms with E-state index in [1.807, 2.05) is 0 Å². The average molecular weight is 517 g/mol. The summed E-state index contributed by atoms with van der Waals surface area (Å²) in [4.78, 5) is 17.7.